The van der Waals surface area contributed by atoms with Crippen LogP contribution in [0.5, 0.6) is 0 Å². The van der Waals surface area contributed by atoms with Gasteiger partial charge in [-0.05, 0) is 18.2 Å². The van der Waals surface area contributed by atoms with Crippen molar-refractivity contribution in [3.05, 3.63) is 42.1 Å². The van der Waals surface area contributed by atoms with Gasteiger partial charge in [0.25, 0.3) is 0 Å². The first-order chi connectivity index (χ1) is 9.04. The molecule has 3 N–H and O–H groups in total. The molecule has 0 bridgehead atoms. The minimum Gasteiger partial charge on any atom is -0.478 e. The van der Waals surface area contributed by atoms with Gasteiger partial charge in [0.1, 0.15) is 0 Å². The molecule has 2 aromatic rings. The summed E-state index contributed by atoms with van der Waals surface area (Å²) in [6, 6.07) is 7.14. The molecule has 0 saturated carbocycles. The smallest absolute Gasteiger partial charge is 0.335 e. The highest BCUT2D eigenvalue weighted by molar-refractivity contribution is 6.00. The van der Waals surface area contributed by atoms with Crippen LogP contribution < -0.4 is 10.6 Å². The average Bonchev–Trinajstić information content (AvgIpc) is 2.74. The molecule has 7 heteroatoms. The van der Waals surface area contributed by atoms with Gasteiger partial charge in [-0.2, -0.15) is 5.10 Å². The second-order valence-electron chi connectivity index (χ2n) is 3.84. The van der Waals surface area contributed by atoms with Crippen LogP contribution in [0.4, 0.5) is 16.3 Å². The van der Waals surface area contributed by atoms with Gasteiger partial charge in [-0.25, -0.2) is 9.59 Å². The number of anilines is 2. The number of carbonyl (C=O) groups excluding carboxylic acids is 1. The van der Waals surface area contributed by atoms with Crippen molar-refractivity contribution < 1.29 is 14.7 Å². The number of carboxylic acid groups (broad SMARTS) is 1. The molecule has 0 unspecified atom stereocenters. The number of aromatic carboxylic acids is 1. The molecule has 2 amide bonds. The zero-order valence-electron chi connectivity index (χ0n) is 10.1. The lowest BCUT2D eigenvalue weighted by molar-refractivity contribution is 0.0697. The summed E-state index contributed by atoms with van der Waals surface area (Å²) in [7, 11) is 1.74. The van der Waals surface area contributed by atoms with Gasteiger partial charge in [0, 0.05) is 25.0 Å². The number of carbonyl (C=O) groups is 2. The largest absolute Gasteiger partial charge is 0.478 e. The van der Waals surface area contributed by atoms with E-state index in [1.54, 1.807) is 36.1 Å². The minimum absolute atomic E-state index is 0.107. The molecule has 0 aliphatic carbocycles. The molecule has 7 nitrogen and oxygen atoms in total. The fourth-order valence-electron chi connectivity index (χ4n) is 1.49. The normalized spacial score (nSPS) is 9.95. The zero-order valence-corrected chi connectivity index (χ0v) is 10.1. The summed E-state index contributed by atoms with van der Waals surface area (Å²) in [5.74, 6) is -0.636. The van der Waals surface area contributed by atoms with E-state index in [2.05, 4.69) is 15.7 Å². The van der Waals surface area contributed by atoms with Crippen molar-refractivity contribution in [3.8, 4) is 0 Å². The highest BCUT2D eigenvalue weighted by Gasteiger charge is 2.07. The Balaban J connectivity index is 2.02. The van der Waals surface area contributed by atoms with E-state index >= 15 is 0 Å². The number of urea groups is 1. The maximum atomic E-state index is 11.7. The highest BCUT2D eigenvalue weighted by Crippen LogP contribution is 2.11. The van der Waals surface area contributed by atoms with Crippen LogP contribution >= 0.6 is 0 Å². The van der Waals surface area contributed by atoms with E-state index in [9.17, 15) is 9.59 Å². The van der Waals surface area contributed by atoms with Gasteiger partial charge in [0.05, 0.1) is 5.56 Å². The lowest BCUT2D eigenvalue weighted by Crippen LogP contribution is -2.20. The lowest BCUT2D eigenvalue weighted by atomic mass is 10.2. The van der Waals surface area contributed by atoms with Crippen molar-refractivity contribution in [2.24, 2.45) is 7.05 Å². The van der Waals surface area contributed by atoms with E-state index in [-0.39, 0.29) is 5.56 Å². The van der Waals surface area contributed by atoms with Gasteiger partial charge >= 0.3 is 12.0 Å². The number of hydrogen-bond acceptors (Lipinski definition) is 3. The second kappa shape index (κ2) is 5.21. The van der Waals surface area contributed by atoms with Crippen molar-refractivity contribution in [3.63, 3.8) is 0 Å². The van der Waals surface area contributed by atoms with E-state index in [4.69, 9.17) is 5.11 Å². The van der Waals surface area contributed by atoms with Crippen LogP contribution in [-0.4, -0.2) is 26.9 Å². The van der Waals surface area contributed by atoms with E-state index in [0.717, 1.165) is 0 Å². The lowest BCUT2D eigenvalue weighted by Gasteiger charge is -2.06. The van der Waals surface area contributed by atoms with E-state index < -0.39 is 12.0 Å². The Morgan fingerprint density at radius 1 is 1.26 bits per heavy atom. The molecular formula is C12H12N4O3. The van der Waals surface area contributed by atoms with Crippen LogP contribution in [0.15, 0.2) is 36.5 Å². The first-order valence-electron chi connectivity index (χ1n) is 5.45. The van der Waals surface area contributed by atoms with Crippen LogP contribution in [-0.2, 0) is 7.05 Å². The number of carboxylic acids is 1. The molecule has 0 atom stereocenters. The maximum absolute atomic E-state index is 11.7. The Hall–Kier alpha value is -2.83. The molecule has 0 aliphatic heterocycles. The third kappa shape index (κ3) is 3.32. The summed E-state index contributed by atoms with van der Waals surface area (Å²) in [4.78, 5) is 22.4. The summed E-state index contributed by atoms with van der Waals surface area (Å²) in [6.07, 6.45) is 1.70. The van der Waals surface area contributed by atoms with Gasteiger partial charge in [0.15, 0.2) is 5.82 Å². The molecule has 0 radical (unpaired) electrons. The number of benzene rings is 1. The Morgan fingerprint density at radius 3 is 2.68 bits per heavy atom. The topological polar surface area (TPSA) is 96.2 Å². The maximum Gasteiger partial charge on any atom is 0.335 e. The van der Waals surface area contributed by atoms with Crippen LogP contribution in [0.2, 0.25) is 0 Å². The fraction of sp³-hybridized carbons (Fsp3) is 0.0833. The number of nitrogens with zero attached hydrogens (tertiary/aromatic N) is 2. The molecule has 0 fully saturated rings. The Bertz CT molecular complexity index is 621. The van der Waals surface area contributed by atoms with Gasteiger partial charge < -0.3 is 10.4 Å². The fourth-order valence-corrected chi connectivity index (χ4v) is 1.49. The number of aryl methyl sites for hydroxylation is 1. The Kier molecular flexibility index (Phi) is 3.46. The first kappa shape index (κ1) is 12.6. The van der Waals surface area contributed by atoms with Crippen molar-refractivity contribution in [2.45, 2.75) is 0 Å². The molecule has 0 aliphatic rings. The SMILES string of the molecule is Cn1ccc(NC(=O)Nc2cccc(C(=O)O)c2)n1. The quantitative estimate of drug-likeness (QED) is 0.783. The van der Waals surface area contributed by atoms with Gasteiger partial charge in [-0.3, -0.25) is 10.00 Å². The van der Waals surface area contributed by atoms with E-state index in [0.29, 0.717) is 11.5 Å². The molecule has 0 spiro atoms. The van der Waals surface area contributed by atoms with Crippen molar-refractivity contribution in [1.82, 2.24) is 9.78 Å². The van der Waals surface area contributed by atoms with Crippen LogP contribution in [0.3, 0.4) is 0 Å². The van der Waals surface area contributed by atoms with E-state index in [1.807, 2.05) is 0 Å². The molecule has 1 heterocycles. The number of aromatic nitrogens is 2. The molecule has 2 rings (SSSR count). The van der Waals surface area contributed by atoms with Gasteiger partial charge in [0.2, 0.25) is 0 Å². The predicted molar refractivity (Wildman–Crippen MR) is 69.3 cm³/mol. The summed E-state index contributed by atoms with van der Waals surface area (Å²) < 4.78 is 1.56. The van der Waals surface area contributed by atoms with Crippen molar-refractivity contribution in [1.29, 1.82) is 0 Å². The zero-order chi connectivity index (χ0) is 13.8. The van der Waals surface area contributed by atoms with Crippen LogP contribution in [0.1, 0.15) is 10.4 Å². The predicted octanol–water partition coefficient (Wildman–Crippen LogP) is 1.76. The summed E-state index contributed by atoms with van der Waals surface area (Å²) in [6.45, 7) is 0. The summed E-state index contributed by atoms with van der Waals surface area (Å²) in [5.41, 5.74) is 0.504. The molecule has 98 valence electrons. The van der Waals surface area contributed by atoms with Crippen LogP contribution in [0, 0.1) is 0 Å². The molecule has 1 aromatic carbocycles. The molecule has 1 aromatic heterocycles. The number of amides is 2. The molecule has 19 heavy (non-hydrogen) atoms. The number of hydrogen-bond donors (Lipinski definition) is 3. The van der Waals surface area contributed by atoms with Crippen LogP contribution in [0.25, 0.3) is 0 Å². The minimum atomic E-state index is -1.05. The highest BCUT2D eigenvalue weighted by atomic mass is 16.4. The first-order valence-corrected chi connectivity index (χ1v) is 5.45. The van der Waals surface area contributed by atoms with Crippen molar-refractivity contribution in [2.75, 3.05) is 10.6 Å². The van der Waals surface area contributed by atoms with Gasteiger partial charge in [-0.15, -0.1) is 0 Å². The van der Waals surface area contributed by atoms with Gasteiger partial charge in [-0.1, -0.05) is 6.07 Å². The second-order valence-corrected chi connectivity index (χ2v) is 3.84. The third-order valence-electron chi connectivity index (χ3n) is 2.32. The van der Waals surface area contributed by atoms with E-state index in [1.165, 1.54) is 12.1 Å². The Labute approximate surface area is 108 Å². The summed E-state index contributed by atoms with van der Waals surface area (Å²) in [5, 5.41) is 17.9. The third-order valence-corrected chi connectivity index (χ3v) is 2.32. The molecule has 0 saturated heterocycles. The monoisotopic (exact) mass is 260 g/mol. The Morgan fingerprint density at radius 2 is 2.05 bits per heavy atom. The van der Waals surface area contributed by atoms with Crippen molar-refractivity contribution >= 4 is 23.5 Å². The summed E-state index contributed by atoms with van der Waals surface area (Å²) >= 11 is 0. The number of rotatable bonds is 3. The number of nitrogens with one attached hydrogen (secondary N) is 2. The average molecular weight is 260 g/mol. The standard InChI is InChI=1S/C12H12N4O3/c1-16-6-5-10(15-16)14-12(19)13-9-4-2-3-8(7-9)11(17)18/h2-7H,1H3,(H,17,18)(H2,13,14,15,19). The molecular weight excluding hydrogens is 248 g/mol.